The van der Waals surface area contributed by atoms with E-state index in [1.165, 1.54) is 4.70 Å². The summed E-state index contributed by atoms with van der Waals surface area (Å²) < 4.78 is 6.39. The Kier molecular flexibility index (Phi) is 7.01. The number of amides is 1. The summed E-state index contributed by atoms with van der Waals surface area (Å²) in [5.41, 5.74) is 1.51. The van der Waals surface area contributed by atoms with Gasteiger partial charge in [-0.15, -0.1) is 11.3 Å². The van der Waals surface area contributed by atoms with Crippen molar-refractivity contribution < 1.29 is 14.3 Å². The summed E-state index contributed by atoms with van der Waals surface area (Å²) in [5, 5.41) is 4.17. The molecular weight excluding hydrogens is 396 g/mol. The molecule has 0 spiro atoms. The summed E-state index contributed by atoms with van der Waals surface area (Å²) in [6.07, 6.45) is 1.75. The third kappa shape index (κ3) is 5.53. The lowest BCUT2D eigenvalue weighted by Crippen LogP contribution is -2.30. The number of rotatable bonds is 8. The van der Waals surface area contributed by atoms with Crippen molar-refractivity contribution in [3.05, 3.63) is 58.6 Å². The SMILES string of the molecule is C[C@H](OC(=O)CCCCc1nc2ccccc2s1)C(=O)Nc1ccccc1Cl. The number of carbonyl (C=O) groups is 2. The normalized spacial score (nSPS) is 11.9. The average molecular weight is 417 g/mol. The van der Waals surface area contributed by atoms with E-state index in [0.29, 0.717) is 17.1 Å². The number of nitrogens with zero attached hydrogens (tertiary/aromatic N) is 1. The first-order chi connectivity index (χ1) is 13.5. The molecule has 3 rings (SSSR count). The third-order valence-corrected chi connectivity index (χ3v) is 5.59. The molecule has 2 aromatic carbocycles. The van der Waals surface area contributed by atoms with E-state index < -0.39 is 12.0 Å². The van der Waals surface area contributed by atoms with Crippen LogP contribution in [0.1, 0.15) is 31.2 Å². The Morgan fingerprint density at radius 1 is 1.14 bits per heavy atom. The van der Waals surface area contributed by atoms with Crippen LogP contribution < -0.4 is 5.32 Å². The fraction of sp³-hybridized carbons (Fsp3) is 0.286. The fourth-order valence-electron chi connectivity index (χ4n) is 2.68. The Morgan fingerprint density at radius 3 is 2.68 bits per heavy atom. The van der Waals surface area contributed by atoms with E-state index in [4.69, 9.17) is 16.3 Å². The van der Waals surface area contributed by atoms with E-state index in [9.17, 15) is 9.59 Å². The molecule has 0 unspecified atom stereocenters. The summed E-state index contributed by atoms with van der Waals surface area (Å²) in [5.74, 6) is -0.790. The van der Waals surface area contributed by atoms with Crippen molar-refractivity contribution in [2.75, 3.05) is 5.32 Å². The minimum atomic E-state index is -0.881. The number of benzene rings is 2. The van der Waals surface area contributed by atoms with Gasteiger partial charge >= 0.3 is 5.97 Å². The van der Waals surface area contributed by atoms with Crippen LogP contribution in [0.15, 0.2) is 48.5 Å². The maximum absolute atomic E-state index is 12.1. The van der Waals surface area contributed by atoms with Crippen LogP contribution in [-0.2, 0) is 20.7 Å². The van der Waals surface area contributed by atoms with Crippen molar-refractivity contribution in [3.8, 4) is 0 Å². The molecule has 5 nitrogen and oxygen atoms in total. The molecule has 1 N–H and O–H groups in total. The number of aryl methyl sites for hydroxylation is 1. The second-order valence-corrected chi connectivity index (χ2v) is 7.91. The topological polar surface area (TPSA) is 68.3 Å². The van der Waals surface area contributed by atoms with Gasteiger partial charge in [0.05, 0.1) is 25.9 Å². The van der Waals surface area contributed by atoms with Crippen molar-refractivity contribution in [1.82, 2.24) is 4.98 Å². The van der Waals surface area contributed by atoms with E-state index in [2.05, 4.69) is 16.4 Å². The Balaban J connectivity index is 1.38. The predicted molar refractivity (Wildman–Crippen MR) is 113 cm³/mol. The minimum Gasteiger partial charge on any atom is -0.453 e. The molecule has 0 aliphatic carbocycles. The smallest absolute Gasteiger partial charge is 0.306 e. The van der Waals surface area contributed by atoms with E-state index in [1.807, 2.05) is 18.2 Å². The highest BCUT2D eigenvalue weighted by Gasteiger charge is 2.18. The van der Waals surface area contributed by atoms with Gasteiger partial charge < -0.3 is 10.1 Å². The van der Waals surface area contributed by atoms with Crippen LogP contribution in [0.2, 0.25) is 5.02 Å². The molecule has 0 radical (unpaired) electrons. The number of unbranched alkanes of at least 4 members (excludes halogenated alkanes) is 1. The molecule has 0 fully saturated rings. The molecule has 1 heterocycles. The third-order valence-electron chi connectivity index (χ3n) is 4.17. The molecule has 0 saturated carbocycles. The van der Waals surface area contributed by atoms with Crippen LogP contribution in [0.25, 0.3) is 10.2 Å². The van der Waals surface area contributed by atoms with Gasteiger partial charge in [-0.3, -0.25) is 9.59 Å². The van der Waals surface area contributed by atoms with E-state index >= 15 is 0 Å². The second kappa shape index (κ2) is 9.66. The lowest BCUT2D eigenvalue weighted by atomic mass is 10.2. The average Bonchev–Trinajstić information content (AvgIpc) is 3.10. The number of halogens is 1. The molecule has 0 aliphatic rings. The highest BCUT2D eigenvalue weighted by Crippen LogP contribution is 2.23. The van der Waals surface area contributed by atoms with Gasteiger partial charge in [-0.05, 0) is 50.5 Å². The number of hydrogen-bond acceptors (Lipinski definition) is 5. The van der Waals surface area contributed by atoms with Gasteiger partial charge in [0.2, 0.25) is 0 Å². The zero-order chi connectivity index (χ0) is 19.9. The standard InChI is InChI=1S/C21H21ClN2O3S/c1-14(21(26)24-16-9-3-2-8-15(16)22)27-20(25)13-7-6-12-19-23-17-10-4-5-11-18(17)28-19/h2-5,8-11,14H,6-7,12-13H2,1H3,(H,24,26)/t14-/m0/s1. The number of para-hydroxylation sites is 2. The number of nitrogens with one attached hydrogen (secondary N) is 1. The molecule has 1 atom stereocenters. The van der Waals surface area contributed by atoms with E-state index in [-0.39, 0.29) is 12.4 Å². The monoisotopic (exact) mass is 416 g/mol. The Bertz CT molecular complexity index is 940. The van der Waals surface area contributed by atoms with Crippen LogP contribution in [-0.4, -0.2) is 23.0 Å². The van der Waals surface area contributed by atoms with Crippen molar-refractivity contribution in [3.63, 3.8) is 0 Å². The number of fused-ring (bicyclic) bond motifs is 1. The first-order valence-electron chi connectivity index (χ1n) is 9.12. The van der Waals surface area contributed by atoms with Crippen LogP contribution in [0.5, 0.6) is 0 Å². The van der Waals surface area contributed by atoms with Gasteiger partial charge in [0.15, 0.2) is 6.10 Å². The highest BCUT2D eigenvalue weighted by molar-refractivity contribution is 7.18. The number of thiazole rings is 1. The molecule has 0 bridgehead atoms. The van der Waals surface area contributed by atoms with Crippen LogP contribution >= 0.6 is 22.9 Å². The quantitative estimate of drug-likeness (QED) is 0.403. The van der Waals surface area contributed by atoms with Gasteiger partial charge in [0, 0.05) is 6.42 Å². The van der Waals surface area contributed by atoms with Gasteiger partial charge in [0.1, 0.15) is 0 Å². The zero-order valence-electron chi connectivity index (χ0n) is 15.5. The first kappa shape index (κ1) is 20.3. The van der Waals surface area contributed by atoms with Crippen LogP contribution in [0.4, 0.5) is 5.69 Å². The summed E-state index contributed by atoms with van der Waals surface area (Å²) in [7, 11) is 0. The van der Waals surface area contributed by atoms with Crippen molar-refractivity contribution >= 4 is 50.7 Å². The number of carbonyl (C=O) groups excluding carboxylic acids is 2. The lowest BCUT2D eigenvalue weighted by Gasteiger charge is -2.14. The molecule has 146 valence electrons. The Morgan fingerprint density at radius 2 is 1.89 bits per heavy atom. The van der Waals surface area contributed by atoms with Crippen molar-refractivity contribution in [1.29, 1.82) is 0 Å². The Labute approximate surface area is 172 Å². The zero-order valence-corrected chi connectivity index (χ0v) is 17.1. The van der Waals surface area contributed by atoms with Gasteiger partial charge in [-0.1, -0.05) is 35.9 Å². The predicted octanol–water partition coefficient (Wildman–Crippen LogP) is 5.23. The minimum absolute atomic E-state index is 0.272. The van der Waals surface area contributed by atoms with Crippen molar-refractivity contribution in [2.45, 2.75) is 38.7 Å². The molecule has 0 aliphatic heterocycles. The number of aromatic nitrogens is 1. The number of ether oxygens (including phenoxy) is 1. The number of hydrogen-bond donors (Lipinski definition) is 1. The lowest BCUT2D eigenvalue weighted by molar-refractivity contribution is -0.153. The summed E-state index contributed by atoms with van der Waals surface area (Å²) in [6, 6.07) is 15.0. The molecule has 0 saturated heterocycles. The summed E-state index contributed by atoms with van der Waals surface area (Å²) >= 11 is 7.69. The molecule has 1 amide bonds. The summed E-state index contributed by atoms with van der Waals surface area (Å²) in [4.78, 5) is 28.7. The van der Waals surface area contributed by atoms with Crippen molar-refractivity contribution in [2.24, 2.45) is 0 Å². The van der Waals surface area contributed by atoms with Crippen LogP contribution in [0, 0.1) is 0 Å². The van der Waals surface area contributed by atoms with E-state index in [1.54, 1.807) is 42.5 Å². The number of esters is 1. The molecule has 28 heavy (non-hydrogen) atoms. The van der Waals surface area contributed by atoms with E-state index in [0.717, 1.165) is 23.4 Å². The largest absolute Gasteiger partial charge is 0.453 e. The van der Waals surface area contributed by atoms with Crippen LogP contribution in [0.3, 0.4) is 0 Å². The molecule has 3 aromatic rings. The van der Waals surface area contributed by atoms with Gasteiger partial charge in [-0.25, -0.2) is 4.98 Å². The fourth-order valence-corrected chi connectivity index (χ4v) is 3.87. The number of anilines is 1. The van der Waals surface area contributed by atoms with Gasteiger partial charge in [-0.2, -0.15) is 0 Å². The molecule has 1 aromatic heterocycles. The summed E-state index contributed by atoms with van der Waals surface area (Å²) in [6.45, 7) is 1.55. The van der Waals surface area contributed by atoms with Gasteiger partial charge in [0.25, 0.3) is 5.91 Å². The second-order valence-electron chi connectivity index (χ2n) is 6.38. The molecular formula is C21H21ClN2O3S. The maximum Gasteiger partial charge on any atom is 0.306 e. The highest BCUT2D eigenvalue weighted by atomic mass is 35.5. The molecule has 7 heteroatoms. The first-order valence-corrected chi connectivity index (χ1v) is 10.3. The Hall–Kier alpha value is -2.44. The maximum atomic E-state index is 12.1.